The minimum absolute atomic E-state index is 0.0208. The Balaban J connectivity index is 0.000000221. The van der Waals surface area contributed by atoms with Crippen LogP contribution in [0.1, 0.15) is 38.3 Å². The number of likely N-dealkylation sites (tertiary alicyclic amines) is 1. The minimum atomic E-state index is -0.931. The van der Waals surface area contributed by atoms with Gasteiger partial charge in [-0.1, -0.05) is 19.9 Å². The lowest BCUT2D eigenvalue weighted by molar-refractivity contribution is -0.139. The molecule has 0 saturated carbocycles. The molecule has 0 amide bonds. The molecule has 0 bridgehead atoms. The predicted molar refractivity (Wildman–Crippen MR) is 79.3 cm³/mol. The minimum Gasteiger partial charge on any atom is -0.480 e. The third-order valence-electron chi connectivity index (χ3n) is 3.59. The number of carboxylic acids is 1. The molecule has 0 aliphatic carbocycles. The van der Waals surface area contributed by atoms with Crippen molar-refractivity contribution in [2.24, 2.45) is 11.7 Å². The van der Waals surface area contributed by atoms with Crippen molar-refractivity contribution in [3.05, 3.63) is 30.1 Å². The summed E-state index contributed by atoms with van der Waals surface area (Å²) < 4.78 is 0. The summed E-state index contributed by atoms with van der Waals surface area (Å²) in [4.78, 5) is 16.6. The second-order valence-corrected chi connectivity index (χ2v) is 5.53. The summed E-state index contributed by atoms with van der Waals surface area (Å²) in [5.41, 5.74) is 6.52. The number of aromatic nitrogens is 1. The zero-order valence-corrected chi connectivity index (χ0v) is 12.5. The van der Waals surface area contributed by atoms with E-state index in [9.17, 15) is 4.79 Å². The number of nitrogens with zero attached hydrogens (tertiary/aromatic N) is 2. The van der Waals surface area contributed by atoms with Crippen LogP contribution in [-0.2, 0) is 4.79 Å². The molecule has 0 radical (unpaired) electrons. The van der Waals surface area contributed by atoms with Gasteiger partial charge in [0.05, 0.1) is 0 Å². The van der Waals surface area contributed by atoms with E-state index in [0.717, 1.165) is 0 Å². The summed E-state index contributed by atoms with van der Waals surface area (Å²) in [6.07, 6.45) is 6.41. The molecule has 1 saturated heterocycles. The van der Waals surface area contributed by atoms with Gasteiger partial charge in [0.15, 0.2) is 0 Å². The van der Waals surface area contributed by atoms with E-state index in [-0.39, 0.29) is 5.92 Å². The molecule has 1 aromatic heterocycles. The van der Waals surface area contributed by atoms with E-state index in [1.54, 1.807) is 13.8 Å². The van der Waals surface area contributed by atoms with Crippen molar-refractivity contribution in [1.29, 1.82) is 0 Å². The monoisotopic (exact) mass is 279 g/mol. The summed E-state index contributed by atoms with van der Waals surface area (Å²) in [6.45, 7) is 4.77. The largest absolute Gasteiger partial charge is 0.480 e. The summed E-state index contributed by atoms with van der Waals surface area (Å²) in [6, 6.07) is 4.08. The number of hydrogen-bond acceptors (Lipinski definition) is 4. The highest BCUT2D eigenvalue weighted by Gasteiger charge is 2.21. The maximum atomic E-state index is 10.0. The average Bonchev–Trinajstić information content (AvgIpc) is 2.85. The number of rotatable bonds is 3. The first-order valence-electron chi connectivity index (χ1n) is 7.02. The fourth-order valence-electron chi connectivity index (χ4n) is 2.19. The molecule has 1 aromatic rings. The number of pyridine rings is 1. The second-order valence-electron chi connectivity index (χ2n) is 5.53. The summed E-state index contributed by atoms with van der Waals surface area (Å²) in [5, 5.41) is 8.23. The smallest absolute Gasteiger partial charge is 0.320 e. The molecule has 2 heterocycles. The van der Waals surface area contributed by atoms with Gasteiger partial charge in [-0.05, 0) is 44.0 Å². The van der Waals surface area contributed by atoms with E-state index in [4.69, 9.17) is 10.8 Å². The predicted octanol–water partition coefficient (Wildman–Crippen LogP) is 1.90. The average molecular weight is 279 g/mol. The molecule has 2 atom stereocenters. The summed E-state index contributed by atoms with van der Waals surface area (Å²) in [5.74, 6) is -0.910. The standard InChI is InChI=1S/C10H14N2.C5H11NO2/c1-12-7-3-5-10(12)9-4-2-6-11-8-9;1-3(2)4(6)5(7)8/h2,4,6,8,10H,3,5,7H2,1H3;3-4H,6H2,1-2H3,(H,7,8)/t;4-/m.0/s1. The fraction of sp³-hybridized carbons (Fsp3) is 0.600. The Hall–Kier alpha value is -1.46. The first-order chi connectivity index (χ1) is 9.43. The Morgan fingerprint density at radius 2 is 2.25 bits per heavy atom. The van der Waals surface area contributed by atoms with Crippen LogP contribution in [0.4, 0.5) is 0 Å². The quantitative estimate of drug-likeness (QED) is 0.883. The number of nitrogens with two attached hydrogens (primary N) is 1. The van der Waals surface area contributed by atoms with Crippen LogP contribution in [0.25, 0.3) is 0 Å². The molecular formula is C15H25N3O2. The van der Waals surface area contributed by atoms with Crippen molar-refractivity contribution in [2.45, 2.75) is 38.8 Å². The summed E-state index contributed by atoms with van der Waals surface area (Å²) in [7, 11) is 2.19. The molecule has 112 valence electrons. The first-order valence-corrected chi connectivity index (χ1v) is 7.02. The van der Waals surface area contributed by atoms with Gasteiger partial charge in [0.25, 0.3) is 0 Å². The number of carbonyl (C=O) groups is 1. The normalized spacial score (nSPS) is 20.4. The van der Waals surface area contributed by atoms with Crippen LogP contribution < -0.4 is 5.73 Å². The van der Waals surface area contributed by atoms with Gasteiger partial charge in [0.1, 0.15) is 6.04 Å². The zero-order valence-electron chi connectivity index (χ0n) is 12.5. The maximum absolute atomic E-state index is 10.0. The molecule has 1 fully saturated rings. The molecule has 5 nitrogen and oxygen atoms in total. The number of carboxylic acid groups (broad SMARTS) is 1. The lowest BCUT2D eigenvalue weighted by Gasteiger charge is -2.18. The molecule has 1 unspecified atom stereocenters. The van der Waals surface area contributed by atoms with Gasteiger partial charge in [-0.2, -0.15) is 0 Å². The van der Waals surface area contributed by atoms with Crippen LogP contribution in [0, 0.1) is 5.92 Å². The van der Waals surface area contributed by atoms with Crippen LogP contribution >= 0.6 is 0 Å². The molecular weight excluding hydrogens is 254 g/mol. The Morgan fingerprint density at radius 3 is 2.60 bits per heavy atom. The Bertz CT molecular complexity index is 409. The fourth-order valence-corrected chi connectivity index (χ4v) is 2.19. The zero-order chi connectivity index (χ0) is 15.1. The molecule has 20 heavy (non-hydrogen) atoms. The van der Waals surface area contributed by atoms with Crippen molar-refractivity contribution in [3.63, 3.8) is 0 Å². The molecule has 3 N–H and O–H groups in total. The van der Waals surface area contributed by atoms with Crippen molar-refractivity contribution in [2.75, 3.05) is 13.6 Å². The molecule has 0 spiro atoms. The van der Waals surface area contributed by atoms with Crippen LogP contribution in [0.5, 0.6) is 0 Å². The Labute approximate surface area is 120 Å². The lowest BCUT2D eigenvalue weighted by atomic mass is 10.1. The Morgan fingerprint density at radius 1 is 1.55 bits per heavy atom. The maximum Gasteiger partial charge on any atom is 0.320 e. The van der Waals surface area contributed by atoms with Crippen molar-refractivity contribution in [3.8, 4) is 0 Å². The van der Waals surface area contributed by atoms with Gasteiger partial charge in [-0.15, -0.1) is 0 Å². The third-order valence-corrected chi connectivity index (χ3v) is 3.59. The van der Waals surface area contributed by atoms with E-state index in [1.807, 2.05) is 18.5 Å². The first kappa shape index (κ1) is 16.6. The van der Waals surface area contributed by atoms with Crippen molar-refractivity contribution in [1.82, 2.24) is 9.88 Å². The lowest BCUT2D eigenvalue weighted by Crippen LogP contribution is -2.34. The van der Waals surface area contributed by atoms with Crippen LogP contribution in [-0.4, -0.2) is 40.6 Å². The van der Waals surface area contributed by atoms with Gasteiger partial charge in [0.2, 0.25) is 0 Å². The molecule has 0 aromatic carbocycles. The van der Waals surface area contributed by atoms with Gasteiger partial charge in [-0.3, -0.25) is 14.7 Å². The third kappa shape index (κ3) is 4.90. The van der Waals surface area contributed by atoms with Gasteiger partial charge in [0, 0.05) is 18.4 Å². The second kappa shape index (κ2) is 7.97. The topological polar surface area (TPSA) is 79.5 Å². The van der Waals surface area contributed by atoms with Gasteiger partial charge >= 0.3 is 5.97 Å². The van der Waals surface area contributed by atoms with E-state index in [0.29, 0.717) is 6.04 Å². The Kier molecular flexibility index (Phi) is 6.61. The molecule has 1 aliphatic rings. The molecule has 1 aliphatic heterocycles. The van der Waals surface area contributed by atoms with E-state index >= 15 is 0 Å². The van der Waals surface area contributed by atoms with E-state index in [1.165, 1.54) is 24.9 Å². The highest BCUT2D eigenvalue weighted by molar-refractivity contribution is 5.73. The highest BCUT2D eigenvalue weighted by atomic mass is 16.4. The van der Waals surface area contributed by atoms with Gasteiger partial charge < -0.3 is 10.8 Å². The van der Waals surface area contributed by atoms with Crippen LogP contribution in [0.2, 0.25) is 0 Å². The van der Waals surface area contributed by atoms with Crippen LogP contribution in [0.3, 0.4) is 0 Å². The number of hydrogen-bond donors (Lipinski definition) is 2. The summed E-state index contributed by atoms with van der Waals surface area (Å²) >= 11 is 0. The SMILES string of the molecule is CC(C)[C@H](N)C(=O)O.CN1CCCC1c1cccnc1. The highest BCUT2D eigenvalue weighted by Crippen LogP contribution is 2.29. The molecule has 5 heteroatoms. The van der Waals surface area contributed by atoms with E-state index in [2.05, 4.69) is 23.0 Å². The van der Waals surface area contributed by atoms with Crippen molar-refractivity contribution < 1.29 is 9.90 Å². The number of aliphatic carboxylic acids is 1. The van der Waals surface area contributed by atoms with E-state index < -0.39 is 12.0 Å². The van der Waals surface area contributed by atoms with Crippen LogP contribution in [0.15, 0.2) is 24.5 Å². The van der Waals surface area contributed by atoms with Crippen molar-refractivity contribution >= 4 is 5.97 Å². The molecule has 2 rings (SSSR count). The van der Waals surface area contributed by atoms with Gasteiger partial charge in [-0.25, -0.2) is 0 Å².